The maximum absolute atomic E-state index is 6.02. The molecule has 2 N–H and O–H groups in total. The molecule has 1 saturated carbocycles. The number of hydrogen-bond acceptors (Lipinski definition) is 4. The van der Waals surface area contributed by atoms with E-state index in [9.17, 15) is 0 Å². The van der Waals surface area contributed by atoms with Crippen molar-refractivity contribution in [3.05, 3.63) is 11.3 Å². The van der Waals surface area contributed by atoms with Crippen LogP contribution in [0.3, 0.4) is 0 Å². The van der Waals surface area contributed by atoms with Crippen LogP contribution in [0.25, 0.3) is 0 Å². The number of rotatable bonds is 2. The van der Waals surface area contributed by atoms with Gasteiger partial charge in [-0.25, -0.2) is 0 Å². The predicted molar refractivity (Wildman–Crippen MR) is 63.6 cm³/mol. The highest BCUT2D eigenvalue weighted by atomic mass is 16.5. The standard InChI is InChI=1S/C12H18N4O/c13-12-10-3-4-15(8-1-2-8)5-11(10)16(14-12)9-6-17-7-9/h8-9H,1-7H2,(H2,13,14). The van der Waals surface area contributed by atoms with Crippen LogP contribution in [-0.4, -0.2) is 40.5 Å². The summed E-state index contributed by atoms with van der Waals surface area (Å²) in [6.07, 6.45) is 3.79. The van der Waals surface area contributed by atoms with Gasteiger partial charge in [0.2, 0.25) is 0 Å². The largest absolute Gasteiger partial charge is 0.382 e. The molecule has 1 aromatic heterocycles. The molecule has 0 aromatic carbocycles. The molecule has 92 valence electrons. The van der Waals surface area contributed by atoms with Gasteiger partial charge in [-0.15, -0.1) is 0 Å². The van der Waals surface area contributed by atoms with Gasteiger partial charge in [0, 0.05) is 24.7 Å². The number of anilines is 1. The molecular formula is C12H18N4O. The van der Waals surface area contributed by atoms with Gasteiger partial charge in [0.15, 0.2) is 0 Å². The van der Waals surface area contributed by atoms with Crippen LogP contribution in [0.5, 0.6) is 0 Å². The number of nitrogens with zero attached hydrogens (tertiary/aromatic N) is 3. The summed E-state index contributed by atoms with van der Waals surface area (Å²) in [7, 11) is 0. The van der Waals surface area contributed by atoms with E-state index < -0.39 is 0 Å². The van der Waals surface area contributed by atoms with Crippen LogP contribution in [-0.2, 0) is 17.7 Å². The molecule has 0 amide bonds. The molecule has 3 heterocycles. The molecule has 5 heteroatoms. The topological polar surface area (TPSA) is 56.3 Å². The summed E-state index contributed by atoms with van der Waals surface area (Å²) in [6, 6.07) is 1.24. The van der Waals surface area contributed by atoms with Gasteiger partial charge in [0.25, 0.3) is 0 Å². The molecule has 4 rings (SSSR count). The molecule has 0 unspecified atom stereocenters. The van der Waals surface area contributed by atoms with Crippen molar-refractivity contribution >= 4 is 5.82 Å². The molecule has 1 saturated heterocycles. The van der Waals surface area contributed by atoms with E-state index in [4.69, 9.17) is 10.5 Å². The van der Waals surface area contributed by atoms with Gasteiger partial charge in [-0.3, -0.25) is 9.58 Å². The monoisotopic (exact) mass is 234 g/mol. The first-order valence-electron chi connectivity index (χ1n) is 6.50. The van der Waals surface area contributed by atoms with E-state index in [-0.39, 0.29) is 0 Å². The van der Waals surface area contributed by atoms with E-state index in [0.717, 1.165) is 44.6 Å². The zero-order chi connectivity index (χ0) is 11.4. The van der Waals surface area contributed by atoms with E-state index in [1.165, 1.54) is 24.1 Å². The normalized spacial score (nSPS) is 25.6. The van der Waals surface area contributed by atoms with Crippen molar-refractivity contribution in [1.29, 1.82) is 0 Å². The third-order valence-corrected chi connectivity index (χ3v) is 4.18. The fourth-order valence-corrected chi connectivity index (χ4v) is 2.91. The van der Waals surface area contributed by atoms with E-state index in [2.05, 4.69) is 14.7 Å². The lowest BCUT2D eigenvalue weighted by Gasteiger charge is -2.32. The molecule has 2 aliphatic heterocycles. The van der Waals surface area contributed by atoms with Crippen LogP contribution in [0.2, 0.25) is 0 Å². The van der Waals surface area contributed by atoms with Crippen molar-refractivity contribution in [2.75, 3.05) is 25.5 Å². The summed E-state index contributed by atoms with van der Waals surface area (Å²) in [5.41, 5.74) is 8.65. The minimum absolute atomic E-state index is 0.417. The van der Waals surface area contributed by atoms with Crippen molar-refractivity contribution in [3.8, 4) is 0 Å². The average Bonchev–Trinajstić information content (AvgIpc) is 3.05. The smallest absolute Gasteiger partial charge is 0.149 e. The zero-order valence-electron chi connectivity index (χ0n) is 9.93. The quantitative estimate of drug-likeness (QED) is 0.812. The van der Waals surface area contributed by atoms with Crippen LogP contribution < -0.4 is 5.73 Å². The second-order valence-electron chi connectivity index (χ2n) is 5.40. The second kappa shape index (κ2) is 3.46. The summed E-state index contributed by atoms with van der Waals surface area (Å²) in [5.74, 6) is 0.738. The number of aromatic nitrogens is 2. The van der Waals surface area contributed by atoms with Gasteiger partial charge < -0.3 is 10.5 Å². The molecule has 0 atom stereocenters. The van der Waals surface area contributed by atoms with Crippen molar-refractivity contribution in [1.82, 2.24) is 14.7 Å². The minimum Gasteiger partial charge on any atom is -0.382 e. The molecular weight excluding hydrogens is 216 g/mol. The van der Waals surface area contributed by atoms with Crippen molar-refractivity contribution in [2.24, 2.45) is 0 Å². The lowest BCUT2D eigenvalue weighted by molar-refractivity contribution is -0.0307. The Morgan fingerprint density at radius 2 is 2.06 bits per heavy atom. The molecule has 0 bridgehead atoms. The first kappa shape index (κ1) is 9.91. The second-order valence-corrected chi connectivity index (χ2v) is 5.40. The van der Waals surface area contributed by atoms with Gasteiger partial charge in [-0.05, 0) is 19.3 Å². The van der Waals surface area contributed by atoms with Crippen LogP contribution in [0.1, 0.15) is 30.1 Å². The average molecular weight is 234 g/mol. The number of nitrogens with two attached hydrogens (primary N) is 1. The molecule has 1 aromatic rings. The van der Waals surface area contributed by atoms with Crippen LogP contribution >= 0.6 is 0 Å². The summed E-state index contributed by atoms with van der Waals surface area (Å²) < 4.78 is 7.39. The van der Waals surface area contributed by atoms with Gasteiger partial charge in [-0.1, -0.05) is 0 Å². The van der Waals surface area contributed by atoms with Crippen molar-refractivity contribution in [2.45, 2.75) is 37.9 Å². The van der Waals surface area contributed by atoms with Gasteiger partial charge >= 0.3 is 0 Å². The first-order chi connectivity index (χ1) is 8.33. The lowest BCUT2D eigenvalue weighted by atomic mass is 10.1. The summed E-state index contributed by atoms with van der Waals surface area (Å²) >= 11 is 0. The van der Waals surface area contributed by atoms with Gasteiger partial charge in [-0.2, -0.15) is 5.10 Å². The summed E-state index contributed by atoms with van der Waals surface area (Å²) in [4.78, 5) is 2.58. The fourth-order valence-electron chi connectivity index (χ4n) is 2.91. The Hall–Kier alpha value is -1.07. The van der Waals surface area contributed by atoms with Gasteiger partial charge in [0.05, 0.1) is 24.9 Å². The number of nitrogen functional groups attached to an aromatic ring is 1. The molecule has 3 aliphatic rings. The minimum atomic E-state index is 0.417. The van der Waals surface area contributed by atoms with Crippen LogP contribution in [0, 0.1) is 0 Å². The highest BCUT2D eigenvalue weighted by Gasteiger charge is 2.35. The van der Waals surface area contributed by atoms with Crippen LogP contribution in [0.4, 0.5) is 5.82 Å². The summed E-state index contributed by atoms with van der Waals surface area (Å²) in [5, 5.41) is 4.52. The van der Waals surface area contributed by atoms with E-state index in [0.29, 0.717) is 6.04 Å². The Balaban J connectivity index is 1.68. The zero-order valence-corrected chi connectivity index (χ0v) is 9.93. The Labute approximate surface area is 101 Å². The number of ether oxygens (including phenoxy) is 1. The molecule has 1 aliphatic carbocycles. The predicted octanol–water partition coefficient (Wildman–Crippen LogP) is 0.557. The Kier molecular flexibility index (Phi) is 2.02. The highest BCUT2D eigenvalue weighted by molar-refractivity contribution is 5.44. The fraction of sp³-hybridized carbons (Fsp3) is 0.750. The van der Waals surface area contributed by atoms with Crippen molar-refractivity contribution < 1.29 is 4.74 Å². The van der Waals surface area contributed by atoms with E-state index in [1.807, 2.05) is 0 Å². The third-order valence-electron chi connectivity index (χ3n) is 4.18. The Bertz CT molecular complexity index is 448. The molecule has 17 heavy (non-hydrogen) atoms. The maximum atomic E-state index is 6.02. The van der Waals surface area contributed by atoms with Crippen LogP contribution in [0.15, 0.2) is 0 Å². The van der Waals surface area contributed by atoms with Crippen molar-refractivity contribution in [3.63, 3.8) is 0 Å². The lowest BCUT2D eigenvalue weighted by Crippen LogP contribution is -2.37. The molecule has 0 spiro atoms. The molecule has 5 nitrogen and oxygen atoms in total. The highest BCUT2D eigenvalue weighted by Crippen LogP contribution is 2.34. The molecule has 0 radical (unpaired) electrons. The Morgan fingerprint density at radius 1 is 1.24 bits per heavy atom. The first-order valence-corrected chi connectivity index (χ1v) is 6.50. The van der Waals surface area contributed by atoms with E-state index in [1.54, 1.807) is 0 Å². The van der Waals surface area contributed by atoms with Gasteiger partial charge in [0.1, 0.15) is 5.82 Å². The SMILES string of the molecule is Nc1nn(C2COC2)c2c1CCN(C1CC1)C2. The third kappa shape index (κ3) is 1.49. The molecule has 2 fully saturated rings. The number of fused-ring (bicyclic) bond motifs is 1. The Morgan fingerprint density at radius 3 is 2.71 bits per heavy atom. The summed E-state index contributed by atoms with van der Waals surface area (Å²) in [6.45, 7) is 3.75. The maximum Gasteiger partial charge on any atom is 0.149 e. The van der Waals surface area contributed by atoms with E-state index >= 15 is 0 Å². The number of hydrogen-bond donors (Lipinski definition) is 1.